The first kappa shape index (κ1) is 9.96. The molecule has 17 heavy (non-hydrogen) atoms. The van der Waals surface area contributed by atoms with Crippen molar-refractivity contribution < 1.29 is 13.3 Å². The Morgan fingerprint density at radius 2 is 1.65 bits per heavy atom. The first-order valence-corrected chi connectivity index (χ1v) is 5.05. The van der Waals surface area contributed by atoms with E-state index in [-0.39, 0.29) is 5.56 Å². The van der Waals surface area contributed by atoms with Crippen LogP contribution in [0.25, 0.3) is 22.1 Å². The molecule has 84 valence electrons. The summed E-state index contributed by atoms with van der Waals surface area (Å²) >= 11 is 0. The van der Waals surface area contributed by atoms with E-state index in [0.29, 0.717) is 16.5 Å². The molecule has 0 aliphatic rings. The van der Waals surface area contributed by atoms with Crippen molar-refractivity contribution in [2.24, 2.45) is 0 Å². The lowest BCUT2D eigenvalue weighted by Gasteiger charge is -2.05. The summed E-state index contributed by atoms with van der Waals surface area (Å²) in [6, 6.07) is 8.80. The fourth-order valence-corrected chi connectivity index (χ4v) is 1.87. The van der Waals surface area contributed by atoms with Crippen LogP contribution >= 0.6 is 0 Å². The Labute approximate surface area is 95.5 Å². The highest BCUT2D eigenvalue weighted by atomic mass is 19.1. The normalized spacial score (nSPS) is 10.9. The van der Waals surface area contributed by atoms with E-state index < -0.39 is 11.6 Å². The highest BCUT2D eigenvalue weighted by Crippen LogP contribution is 2.32. The lowest BCUT2D eigenvalue weighted by Crippen LogP contribution is -1.89. The molecule has 2 nitrogen and oxygen atoms in total. The minimum atomic E-state index is -0.598. The molecule has 4 heteroatoms. The quantitative estimate of drug-likeness (QED) is 0.637. The van der Waals surface area contributed by atoms with Crippen LogP contribution in [0.2, 0.25) is 0 Å². The Morgan fingerprint density at radius 3 is 2.41 bits per heavy atom. The van der Waals surface area contributed by atoms with E-state index in [9.17, 15) is 8.78 Å². The molecule has 3 rings (SSSR count). The van der Waals surface area contributed by atoms with Crippen molar-refractivity contribution in [1.29, 1.82) is 0 Å². The van der Waals surface area contributed by atoms with Gasteiger partial charge >= 0.3 is 0 Å². The zero-order chi connectivity index (χ0) is 11.8. The Hall–Kier alpha value is -2.23. The number of rotatable bonds is 1. The third-order valence-electron chi connectivity index (χ3n) is 2.63. The van der Waals surface area contributed by atoms with Crippen molar-refractivity contribution in [3.05, 3.63) is 54.2 Å². The van der Waals surface area contributed by atoms with Crippen molar-refractivity contribution in [3.8, 4) is 11.1 Å². The van der Waals surface area contributed by atoms with Crippen LogP contribution in [0.3, 0.4) is 0 Å². The smallest absolute Gasteiger partial charge is 0.167 e. The van der Waals surface area contributed by atoms with Gasteiger partial charge in [0.1, 0.15) is 11.6 Å². The molecule has 0 aliphatic carbocycles. The maximum atomic E-state index is 13.7. The molecule has 0 unspecified atom stereocenters. The highest BCUT2D eigenvalue weighted by molar-refractivity contribution is 5.93. The van der Waals surface area contributed by atoms with Crippen molar-refractivity contribution in [1.82, 2.24) is 5.16 Å². The Bertz CT molecular complexity index is 670. The number of halogens is 2. The molecule has 0 amide bonds. The molecule has 0 spiro atoms. The van der Waals surface area contributed by atoms with E-state index in [2.05, 4.69) is 5.16 Å². The molecular weight excluding hydrogens is 224 g/mol. The highest BCUT2D eigenvalue weighted by Gasteiger charge is 2.14. The second kappa shape index (κ2) is 3.66. The van der Waals surface area contributed by atoms with Gasteiger partial charge in [-0.25, -0.2) is 8.78 Å². The average Bonchev–Trinajstić information content (AvgIpc) is 2.77. The van der Waals surface area contributed by atoms with Gasteiger partial charge in [-0.05, 0) is 18.2 Å². The van der Waals surface area contributed by atoms with Gasteiger partial charge in [0.05, 0.1) is 11.8 Å². The van der Waals surface area contributed by atoms with Crippen LogP contribution in [0.15, 0.2) is 47.1 Å². The first-order valence-electron chi connectivity index (χ1n) is 5.05. The number of fused-ring (bicyclic) bond motifs is 1. The average molecular weight is 231 g/mol. The summed E-state index contributed by atoms with van der Waals surface area (Å²) in [6.45, 7) is 0. The summed E-state index contributed by atoms with van der Waals surface area (Å²) in [5.41, 5.74) is 0.894. The van der Waals surface area contributed by atoms with Crippen LogP contribution in [0.4, 0.5) is 8.78 Å². The molecule has 0 bridgehead atoms. The predicted molar refractivity (Wildman–Crippen MR) is 59.4 cm³/mol. The van der Waals surface area contributed by atoms with E-state index in [1.165, 1.54) is 24.4 Å². The van der Waals surface area contributed by atoms with Crippen molar-refractivity contribution in [3.63, 3.8) is 0 Å². The van der Waals surface area contributed by atoms with Crippen LogP contribution in [0.5, 0.6) is 0 Å². The molecule has 1 aromatic heterocycles. The molecule has 0 radical (unpaired) electrons. The van der Waals surface area contributed by atoms with E-state index in [0.717, 1.165) is 0 Å². The molecule has 0 atom stereocenters. The van der Waals surface area contributed by atoms with Gasteiger partial charge in [-0.2, -0.15) is 0 Å². The van der Waals surface area contributed by atoms with Crippen LogP contribution in [-0.2, 0) is 0 Å². The van der Waals surface area contributed by atoms with Crippen LogP contribution < -0.4 is 0 Å². The topological polar surface area (TPSA) is 26.0 Å². The molecule has 0 fully saturated rings. The number of benzene rings is 2. The van der Waals surface area contributed by atoms with Gasteiger partial charge < -0.3 is 4.52 Å². The van der Waals surface area contributed by atoms with E-state index in [1.807, 2.05) is 0 Å². The summed E-state index contributed by atoms with van der Waals surface area (Å²) in [5.74, 6) is -1.20. The third-order valence-corrected chi connectivity index (χ3v) is 2.63. The van der Waals surface area contributed by atoms with Gasteiger partial charge in [0, 0.05) is 10.9 Å². The van der Waals surface area contributed by atoms with Crippen LogP contribution in [-0.4, -0.2) is 5.16 Å². The standard InChI is InChI=1S/C13H7F2NO/c14-10-4-2-5-11(15)13(10)8-3-1-6-12-9(8)7-16-17-12/h1-7H. The Morgan fingerprint density at radius 1 is 0.941 bits per heavy atom. The van der Waals surface area contributed by atoms with Gasteiger partial charge in [-0.3, -0.25) is 0 Å². The molecular formula is C13H7F2NO. The largest absolute Gasteiger partial charge is 0.356 e. The zero-order valence-electron chi connectivity index (χ0n) is 8.65. The molecule has 1 heterocycles. The van der Waals surface area contributed by atoms with Gasteiger partial charge in [0.25, 0.3) is 0 Å². The van der Waals surface area contributed by atoms with E-state index in [4.69, 9.17) is 4.52 Å². The predicted octanol–water partition coefficient (Wildman–Crippen LogP) is 3.77. The zero-order valence-corrected chi connectivity index (χ0v) is 8.65. The fourth-order valence-electron chi connectivity index (χ4n) is 1.87. The first-order chi connectivity index (χ1) is 8.27. The fraction of sp³-hybridized carbons (Fsp3) is 0. The van der Waals surface area contributed by atoms with E-state index >= 15 is 0 Å². The molecule has 0 aliphatic heterocycles. The Kier molecular flexibility index (Phi) is 2.14. The maximum Gasteiger partial charge on any atom is 0.167 e. The lowest BCUT2D eigenvalue weighted by atomic mass is 10.0. The Balaban J connectivity index is 2.38. The molecule has 2 aromatic carbocycles. The molecule has 0 N–H and O–H groups in total. The second-order valence-electron chi connectivity index (χ2n) is 3.64. The monoisotopic (exact) mass is 231 g/mol. The second-order valence-corrected chi connectivity index (χ2v) is 3.64. The minimum absolute atomic E-state index is 0.0544. The maximum absolute atomic E-state index is 13.7. The van der Waals surface area contributed by atoms with Gasteiger partial charge in [-0.1, -0.05) is 23.4 Å². The van der Waals surface area contributed by atoms with Crippen LogP contribution in [0, 0.1) is 11.6 Å². The molecule has 0 saturated carbocycles. The lowest BCUT2D eigenvalue weighted by molar-refractivity contribution is 0.456. The molecule has 3 aromatic rings. The summed E-state index contributed by atoms with van der Waals surface area (Å²) < 4.78 is 32.3. The minimum Gasteiger partial charge on any atom is -0.356 e. The number of nitrogens with zero attached hydrogens (tertiary/aromatic N) is 1. The SMILES string of the molecule is Fc1cccc(F)c1-c1cccc2oncc12. The number of hydrogen-bond acceptors (Lipinski definition) is 2. The number of hydrogen-bond donors (Lipinski definition) is 0. The summed E-state index contributed by atoms with van der Waals surface area (Å²) in [5, 5.41) is 4.22. The van der Waals surface area contributed by atoms with Crippen molar-refractivity contribution in [2.75, 3.05) is 0 Å². The molecule has 0 saturated heterocycles. The van der Waals surface area contributed by atoms with Crippen molar-refractivity contribution in [2.45, 2.75) is 0 Å². The van der Waals surface area contributed by atoms with Gasteiger partial charge in [0.15, 0.2) is 5.58 Å². The van der Waals surface area contributed by atoms with E-state index in [1.54, 1.807) is 18.2 Å². The van der Waals surface area contributed by atoms with Crippen molar-refractivity contribution >= 4 is 11.0 Å². The van der Waals surface area contributed by atoms with Gasteiger partial charge in [-0.15, -0.1) is 0 Å². The summed E-state index contributed by atoms with van der Waals surface area (Å²) in [6.07, 6.45) is 1.45. The van der Waals surface area contributed by atoms with Crippen LogP contribution in [0.1, 0.15) is 0 Å². The number of aromatic nitrogens is 1. The third kappa shape index (κ3) is 1.49. The summed E-state index contributed by atoms with van der Waals surface area (Å²) in [7, 11) is 0. The summed E-state index contributed by atoms with van der Waals surface area (Å²) in [4.78, 5) is 0. The van der Waals surface area contributed by atoms with Gasteiger partial charge in [0.2, 0.25) is 0 Å².